The molecule has 0 spiro atoms. The first kappa shape index (κ1) is 17.2. The smallest absolute Gasteiger partial charge is 0.248 e. The Morgan fingerprint density at radius 1 is 1.37 bits per heavy atom. The zero-order chi connectivity index (χ0) is 19.0. The largest absolute Gasteiger partial charge is 0.354 e. The number of benzene rings is 1. The summed E-state index contributed by atoms with van der Waals surface area (Å²) in [6.45, 7) is 2.23. The number of aromatic amines is 1. The molecule has 1 unspecified atom stereocenters. The van der Waals surface area contributed by atoms with Crippen molar-refractivity contribution in [2.45, 2.75) is 25.8 Å². The maximum absolute atomic E-state index is 12.5. The van der Waals surface area contributed by atoms with Crippen molar-refractivity contribution in [3.63, 3.8) is 0 Å². The quantitative estimate of drug-likeness (QED) is 0.667. The molecule has 1 aliphatic heterocycles. The summed E-state index contributed by atoms with van der Waals surface area (Å²) in [5, 5.41) is 10.1. The normalized spacial score (nSPS) is 17.6. The fraction of sp³-hybridized carbons (Fsp3) is 0.250. The standard InChI is InChI=1S/C20H21N5O2/c1-11(26)23-14-7-15-18-16(10-22-25-20(15)27)19(24-17(18)8-14)13-5-3-4-12(6-13)9-21-2/h3-6,8,10,15,21,24H,7,9H2,1-2H3,(H,23,26)(H,25,27). The van der Waals surface area contributed by atoms with E-state index < -0.39 is 5.92 Å². The van der Waals surface area contributed by atoms with Gasteiger partial charge in [0.25, 0.3) is 0 Å². The summed E-state index contributed by atoms with van der Waals surface area (Å²) in [6, 6.07) is 8.24. The number of hydrogen-bond acceptors (Lipinski definition) is 4. The van der Waals surface area contributed by atoms with Crippen LogP contribution in [0.3, 0.4) is 0 Å². The second-order valence-corrected chi connectivity index (χ2v) is 6.81. The van der Waals surface area contributed by atoms with Crippen molar-refractivity contribution in [1.82, 2.24) is 21.0 Å². The summed E-state index contributed by atoms with van der Waals surface area (Å²) < 4.78 is 0. The number of rotatable bonds is 4. The van der Waals surface area contributed by atoms with Crippen LogP contribution in [0.5, 0.6) is 0 Å². The molecule has 0 radical (unpaired) electrons. The van der Waals surface area contributed by atoms with E-state index in [0.717, 1.165) is 40.3 Å². The minimum absolute atomic E-state index is 0.151. The summed E-state index contributed by atoms with van der Waals surface area (Å²) >= 11 is 0. The number of H-pyrrole nitrogens is 1. The van der Waals surface area contributed by atoms with Crippen molar-refractivity contribution in [1.29, 1.82) is 0 Å². The molecule has 0 bridgehead atoms. The lowest BCUT2D eigenvalue weighted by Crippen LogP contribution is -2.30. The summed E-state index contributed by atoms with van der Waals surface area (Å²) in [5.41, 5.74) is 9.10. The molecular weight excluding hydrogens is 342 g/mol. The van der Waals surface area contributed by atoms with Gasteiger partial charge in [-0.2, -0.15) is 5.10 Å². The lowest BCUT2D eigenvalue weighted by molar-refractivity contribution is -0.123. The van der Waals surface area contributed by atoms with E-state index in [-0.39, 0.29) is 11.8 Å². The first-order valence-electron chi connectivity index (χ1n) is 8.87. The van der Waals surface area contributed by atoms with E-state index in [1.54, 1.807) is 6.21 Å². The third kappa shape index (κ3) is 3.17. The molecule has 0 saturated heterocycles. The second kappa shape index (κ2) is 6.85. The van der Waals surface area contributed by atoms with E-state index in [1.807, 2.05) is 25.3 Å². The predicted molar refractivity (Wildman–Crippen MR) is 104 cm³/mol. The molecule has 0 fully saturated rings. The number of carbonyl (C=O) groups is 2. The van der Waals surface area contributed by atoms with Crippen LogP contribution in [0.15, 0.2) is 35.1 Å². The van der Waals surface area contributed by atoms with Crippen molar-refractivity contribution in [3.8, 4) is 11.3 Å². The maximum Gasteiger partial charge on any atom is 0.248 e. The minimum atomic E-state index is -0.394. The Kier molecular flexibility index (Phi) is 4.37. The molecule has 0 saturated carbocycles. The van der Waals surface area contributed by atoms with E-state index in [4.69, 9.17) is 0 Å². The van der Waals surface area contributed by atoms with Gasteiger partial charge in [0.05, 0.1) is 17.8 Å². The Morgan fingerprint density at radius 2 is 2.22 bits per heavy atom. The number of carbonyl (C=O) groups excluding carboxylic acids is 2. The number of nitrogens with zero attached hydrogens (tertiary/aromatic N) is 1. The third-order valence-corrected chi connectivity index (χ3v) is 4.82. The first-order chi connectivity index (χ1) is 13.1. The molecule has 7 nitrogen and oxygen atoms in total. The van der Waals surface area contributed by atoms with Crippen molar-refractivity contribution in [3.05, 3.63) is 52.3 Å². The molecule has 2 heterocycles. The first-order valence-corrected chi connectivity index (χ1v) is 8.87. The van der Waals surface area contributed by atoms with Gasteiger partial charge < -0.3 is 15.6 Å². The van der Waals surface area contributed by atoms with Crippen molar-refractivity contribution >= 4 is 24.1 Å². The van der Waals surface area contributed by atoms with Gasteiger partial charge in [0, 0.05) is 36.8 Å². The molecule has 2 aliphatic rings. The van der Waals surface area contributed by atoms with Crippen LogP contribution in [-0.2, 0) is 16.1 Å². The van der Waals surface area contributed by atoms with E-state index in [2.05, 4.69) is 38.3 Å². The lowest BCUT2D eigenvalue weighted by atomic mass is 9.85. The van der Waals surface area contributed by atoms with Crippen LogP contribution in [-0.4, -0.2) is 30.1 Å². The van der Waals surface area contributed by atoms with Crippen LogP contribution in [0.25, 0.3) is 17.3 Å². The van der Waals surface area contributed by atoms with E-state index in [0.29, 0.717) is 6.42 Å². The Hall–Kier alpha value is -3.19. The van der Waals surface area contributed by atoms with Gasteiger partial charge in [-0.05, 0) is 35.9 Å². The predicted octanol–water partition coefficient (Wildman–Crippen LogP) is 1.83. The van der Waals surface area contributed by atoms with Gasteiger partial charge in [0.15, 0.2) is 0 Å². The van der Waals surface area contributed by atoms with Gasteiger partial charge in [-0.15, -0.1) is 0 Å². The number of hydrogen-bond donors (Lipinski definition) is 4. The van der Waals surface area contributed by atoms with Crippen molar-refractivity contribution < 1.29 is 9.59 Å². The molecule has 1 aromatic heterocycles. The number of amides is 2. The molecule has 1 atom stereocenters. The molecule has 7 heteroatoms. The summed E-state index contributed by atoms with van der Waals surface area (Å²) in [4.78, 5) is 27.4. The molecular formula is C20H21N5O2. The topological polar surface area (TPSA) is 98.4 Å². The zero-order valence-corrected chi connectivity index (χ0v) is 15.2. The van der Waals surface area contributed by atoms with Crippen LogP contribution in [0.4, 0.5) is 0 Å². The number of hydrazone groups is 1. The van der Waals surface area contributed by atoms with Crippen LogP contribution in [0, 0.1) is 0 Å². The highest BCUT2D eigenvalue weighted by Gasteiger charge is 2.34. The summed E-state index contributed by atoms with van der Waals surface area (Å²) in [6.07, 6.45) is 4.04. The molecule has 1 aromatic carbocycles. The molecule has 138 valence electrons. The fourth-order valence-electron chi connectivity index (χ4n) is 3.77. The zero-order valence-electron chi connectivity index (χ0n) is 15.2. The molecule has 1 aliphatic carbocycles. The van der Waals surface area contributed by atoms with Gasteiger partial charge in [0.1, 0.15) is 0 Å². The average molecular weight is 363 g/mol. The van der Waals surface area contributed by atoms with Crippen LogP contribution >= 0.6 is 0 Å². The Balaban J connectivity index is 1.86. The van der Waals surface area contributed by atoms with Gasteiger partial charge in [0.2, 0.25) is 11.8 Å². The molecule has 2 amide bonds. The van der Waals surface area contributed by atoms with Gasteiger partial charge >= 0.3 is 0 Å². The summed E-state index contributed by atoms with van der Waals surface area (Å²) in [7, 11) is 1.91. The highest BCUT2D eigenvalue weighted by atomic mass is 16.2. The molecule has 27 heavy (non-hydrogen) atoms. The Bertz CT molecular complexity index is 986. The molecule has 4 rings (SSSR count). The maximum atomic E-state index is 12.5. The van der Waals surface area contributed by atoms with Crippen LogP contribution in [0.2, 0.25) is 0 Å². The van der Waals surface area contributed by atoms with Crippen LogP contribution in [0.1, 0.15) is 41.6 Å². The van der Waals surface area contributed by atoms with Gasteiger partial charge in [-0.1, -0.05) is 18.2 Å². The fourth-order valence-corrected chi connectivity index (χ4v) is 3.77. The minimum Gasteiger partial charge on any atom is -0.354 e. The van der Waals surface area contributed by atoms with Crippen molar-refractivity contribution in [2.75, 3.05) is 7.05 Å². The highest BCUT2D eigenvalue weighted by Crippen LogP contribution is 2.40. The highest BCUT2D eigenvalue weighted by molar-refractivity contribution is 6.00. The monoisotopic (exact) mass is 363 g/mol. The number of aromatic nitrogens is 1. The third-order valence-electron chi connectivity index (χ3n) is 4.82. The lowest BCUT2D eigenvalue weighted by Gasteiger charge is -2.21. The van der Waals surface area contributed by atoms with E-state index in [9.17, 15) is 9.59 Å². The summed E-state index contributed by atoms with van der Waals surface area (Å²) in [5.74, 6) is -0.715. The van der Waals surface area contributed by atoms with Crippen molar-refractivity contribution in [2.24, 2.45) is 5.10 Å². The number of nitrogens with one attached hydrogen (secondary N) is 4. The molecule has 2 aromatic rings. The van der Waals surface area contributed by atoms with Gasteiger partial charge in [-0.25, -0.2) is 5.43 Å². The Morgan fingerprint density at radius 3 is 3.00 bits per heavy atom. The van der Waals surface area contributed by atoms with E-state index in [1.165, 1.54) is 12.5 Å². The molecule has 4 N–H and O–H groups in total. The van der Waals surface area contributed by atoms with E-state index >= 15 is 0 Å². The average Bonchev–Trinajstić information content (AvgIpc) is 2.90. The van der Waals surface area contributed by atoms with Crippen LogP contribution < -0.4 is 16.1 Å². The second-order valence-electron chi connectivity index (χ2n) is 6.81. The Labute approximate surface area is 156 Å². The SMILES string of the molecule is CNCc1cccc(-c2[nH]c3c4c2C=NNC(=O)C4CC(NC(C)=O)=C3)c1. The number of allylic oxidation sites excluding steroid dienone is 1. The van der Waals surface area contributed by atoms with Gasteiger partial charge in [-0.3, -0.25) is 9.59 Å².